The Kier molecular flexibility index (Phi) is 8.23. The zero-order valence-electron chi connectivity index (χ0n) is 27.2. The first-order valence-corrected chi connectivity index (χ1v) is 15.4. The van der Waals surface area contributed by atoms with Gasteiger partial charge in [-0.3, -0.25) is 4.68 Å². The fraction of sp³-hybridized carbons (Fsp3) is 0.200. The number of para-hydroxylation sites is 1. The van der Waals surface area contributed by atoms with Crippen LogP contribution in [-0.4, -0.2) is 19.3 Å². The van der Waals surface area contributed by atoms with E-state index >= 15 is 0 Å². The predicted molar refractivity (Wildman–Crippen MR) is 183 cm³/mol. The van der Waals surface area contributed by atoms with Gasteiger partial charge in [-0.2, -0.15) is 17.2 Å². The fourth-order valence-corrected chi connectivity index (χ4v) is 6.42. The molecule has 0 N–H and O–H groups in total. The minimum absolute atomic E-state index is 0. The van der Waals surface area contributed by atoms with Gasteiger partial charge < -0.3 is 9.30 Å². The SMILES string of the molecule is Cc1ccnc(-n2c3[c-]c(Oc4[c-]c(-n5nc(C)c(-c6c(C)cccc6C(C)(C)C)c5C)ccc4)ccc3c3ccccc32)c1.[Pd+2]. The Morgan fingerprint density at radius 2 is 1.50 bits per heavy atom. The Labute approximate surface area is 284 Å². The van der Waals surface area contributed by atoms with Gasteiger partial charge in [0.05, 0.1) is 5.69 Å². The number of aryl methyl sites for hydroxylation is 3. The summed E-state index contributed by atoms with van der Waals surface area (Å²) in [5.74, 6) is 2.06. The van der Waals surface area contributed by atoms with Crippen molar-refractivity contribution in [3.8, 4) is 34.1 Å². The Hall–Kier alpha value is -4.50. The van der Waals surface area contributed by atoms with Crippen LogP contribution in [0.1, 0.15) is 48.8 Å². The number of rotatable bonds is 5. The van der Waals surface area contributed by atoms with Gasteiger partial charge in [0.1, 0.15) is 5.82 Å². The van der Waals surface area contributed by atoms with Crippen LogP contribution < -0.4 is 4.74 Å². The Morgan fingerprint density at radius 1 is 0.739 bits per heavy atom. The van der Waals surface area contributed by atoms with Crippen LogP contribution in [0.4, 0.5) is 0 Å². The smallest absolute Gasteiger partial charge is 0.509 e. The van der Waals surface area contributed by atoms with E-state index in [1.165, 1.54) is 22.3 Å². The van der Waals surface area contributed by atoms with Gasteiger partial charge in [-0.25, -0.2) is 4.98 Å². The molecule has 0 amide bonds. The third-order valence-corrected chi connectivity index (χ3v) is 8.51. The topological polar surface area (TPSA) is 44.9 Å². The number of nitrogens with zero attached hydrogens (tertiary/aromatic N) is 4. The van der Waals surface area contributed by atoms with Crippen molar-refractivity contribution >= 4 is 21.8 Å². The molecule has 5 nitrogen and oxygen atoms in total. The molecule has 0 fully saturated rings. The Bertz CT molecular complexity index is 2240. The Balaban J connectivity index is 0.00000372. The summed E-state index contributed by atoms with van der Waals surface area (Å²) in [6, 6.07) is 36.0. The molecular formula is C40H36N4OPd. The molecule has 0 unspecified atom stereocenters. The fourth-order valence-electron chi connectivity index (χ4n) is 6.42. The van der Waals surface area contributed by atoms with Crippen LogP contribution in [0, 0.1) is 39.8 Å². The molecule has 0 radical (unpaired) electrons. The van der Waals surface area contributed by atoms with Crippen molar-refractivity contribution in [2.45, 2.75) is 53.9 Å². The first-order chi connectivity index (χ1) is 21.6. The molecule has 0 aliphatic rings. The molecule has 3 aromatic heterocycles. The predicted octanol–water partition coefficient (Wildman–Crippen LogP) is 9.95. The summed E-state index contributed by atoms with van der Waals surface area (Å²) in [5, 5.41) is 7.24. The maximum Gasteiger partial charge on any atom is 2.00 e. The first-order valence-electron chi connectivity index (χ1n) is 15.4. The summed E-state index contributed by atoms with van der Waals surface area (Å²) < 4.78 is 10.5. The zero-order chi connectivity index (χ0) is 31.5. The summed E-state index contributed by atoms with van der Waals surface area (Å²) >= 11 is 0. The van der Waals surface area contributed by atoms with Crippen molar-refractivity contribution in [2.24, 2.45) is 0 Å². The molecule has 4 aromatic carbocycles. The van der Waals surface area contributed by atoms with E-state index in [1.54, 1.807) is 0 Å². The molecule has 232 valence electrons. The van der Waals surface area contributed by atoms with Crippen LogP contribution in [0.2, 0.25) is 0 Å². The van der Waals surface area contributed by atoms with Crippen LogP contribution in [0.3, 0.4) is 0 Å². The molecule has 0 saturated carbocycles. The molecular weight excluding hydrogens is 659 g/mol. The van der Waals surface area contributed by atoms with Gasteiger partial charge in [0.2, 0.25) is 0 Å². The van der Waals surface area contributed by atoms with Crippen molar-refractivity contribution < 1.29 is 25.2 Å². The second-order valence-corrected chi connectivity index (χ2v) is 12.8. The largest absolute Gasteiger partial charge is 2.00 e. The van der Waals surface area contributed by atoms with Crippen molar-refractivity contribution in [3.05, 3.63) is 131 Å². The van der Waals surface area contributed by atoms with E-state index in [9.17, 15) is 0 Å². The standard InChI is InChI=1S/C40H36N4O.Pd/c1-25-20-21-41-37(22-25)43-35-17-9-8-15-32(35)33-19-18-31(24-36(33)43)45-30-14-11-13-29(23-30)44-28(4)39(27(3)42-44)38-26(2)12-10-16-34(38)40(5,6)7;/h8-22H,1-7H3;/q-2;+2. The average Bonchev–Trinajstić information content (AvgIpc) is 3.49. The molecule has 7 aromatic rings. The molecule has 0 saturated heterocycles. The average molecular weight is 695 g/mol. The van der Waals surface area contributed by atoms with Crippen LogP contribution in [-0.2, 0) is 25.8 Å². The quantitative estimate of drug-likeness (QED) is 0.133. The van der Waals surface area contributed by atoms with Gasteiger partial charge in [-0.1, -0.05) is 62.7 Å². The van der Waals surface area contributed by atoms with E-state index in [0.717, 1.165) is 50.3 Å². The van der Waals surface area contributed by atoms with Crippen LogP contribution in [0.25, 0.3) is 44.4 Å². The van der Waals surface area contributed by atoms with Gasteiger partial charge in [-0.15, -0.1) is 35.7 Å². The second-order valence-electron chi connectivity index (χ2n) is 12.8. The number of ether oxygens (including phenoxy) is 1. The maximum absolute atomic E-state index is 6.42. The van der Waals surface area contributed by atoms with Gasteiger partial charge in [0.15, 0.2) is 0 Å². The summed E-state index contributed by atoms with van der Waals surface area (Å²) in [5.41, 5.74) is 11.0. The molecule has 0 spiro atoms. The minimum atomic E-state index is 0. The van der Waals surface area contributed by atoms with Crippen molar-refractivity contribution in [1.29, 1.82) is 0 Å². The third-order valence-electron chi connectivity index (χ3n) is 8.51. The number of fused-ring (bicyclic) bond motifs is 3. The third kappa shape index (κ3) is 5.47. The van der Waals surface area contributed by atoms with Crippen LogP contribution >= 0.6 is 0 Å². The molecule has 0 aliphatic heterocycles. The molecule has 7 rings (SSSR count). The van der Waals surface area contributed by atoms with E-state index in [1.807, 2.05) is 41.2 Å². The van der Waals surface area contributed by atoms with Crippen molar-refractivity contribution in [2.75, 3.05) is 0 Å². The zero-order valence-corrected chi connectivity index (χ0v) is 28.7. The summed E-state index contributed by atoms with van der Waals surface area (Å²) in [4.78, 5) is 4.69. The van der Waals surface area contributed by atoms with E-state index in [2.05, 4.69) is 120 Å². The first kappa shape index (κ1) is 31.5. The van der Waals surface area contributed by atoms with Gasteiger partial charge in [0.25, 0.3) is 0 Å². The maximum atomic E-state index is 6.42. The summed E-state index contributed by atoms with van der Waals surface area (Å²) in [7, 11) is 0. The van der Waals surface area contributed by atoms with E-state index in [-0.39, 0.29) is 25.8 Å². The summed E-state index contributed by atoms with van der Waals surface area (Å²) in [6.45, 7) is 15.3. The van der Waals surface area contributed by atoms with Gasteiger partial charge >= 0.3 is 20.4 Å². The van der Waals surface area contributed by atoms with Crippen LogP contribution in [0.15, 0.2) is 91.1 Å². The van der Waals surface area contributed by atoms with Crippen molar-refractivity contribution in [3.63, 3.8) is 0 Å². The molecule has 0 aliphatic carbocycles. The molecule has 3 heterocycles. The number of pyridine rings is 1. The van der Waals surface area contributed by atoms with Gasteiger partial charge in [-0.05, 0) is 84.6 Å². The minimum Gasteiger partial charge on any atom is -0.509 e. The Morgan fingerprint density at radius 3 is 2.28 bits per heavy atom. The van der Waals surface area contributed by atoms with Gasteiger partial charge in [0, 0.05) is 34.5 Å². The van der Waals surface area contributed by atoms with Crippen LogP contribution in [0.5, 0.6) is 11.5 Å². The van der Waals surface area contributed by atoms with E-state index in [0.29, 0.717) is 11.5 Å². The van der Waals surface area contributed by atoms with Crippen molar-refractivity contribution in [1.82, 2.24) is 19.3 Å². The molecule has 46 heavy (non-hydrogen) atoms. The normalized spacial score (nSPS) is 11.6. The monoisotopic (exact) mass is 694 g/mol. The number of hydrogen-bond donors (Lipinski definition) is 0. The van der Waals surface area contributed by atoms with E-state index in [4.69, 9.17) is 14.8 Å². The number of hydrogen-bond acceptors (Lipinski definition) is 3. The van der Waals surface area contributed by atoms with E-state index < -0.39 is 0 Å². The number of aromatic nitrogens is 4. The molecule has 6 heteroatoms. The second kappa shape index (κ2) is 12.0. The molecule has 0 atom stereocenters. The summed E-state index contributed by atoms with van der Waals surface area (Å²) in [6.07, 6.45) is 1.85. The molecule has 0 bridgehead atoms. The number of benzene rings is 4.